The molecule has 1 spiro atoms. The Bertz CT molecular complexity index is 506. The number of rotatable bonds is 3. The molecule has 0 aromatic rings. The highest BCUT2D eigenvalue weighted by Gasteiger charge is 2.43. The van der Waals surface area contributed by atoms with Gasteiger partial charge < -0.3 is 19.3 Å². The number of hydrogen-bond acceptors (Lipinski definition) is 4. The van der Waals surface area contributed by atoms with E-state index in [9.17, 15) is 9.59 Å². The molecule has 1 saturated carbocycles. The van der Waals surface area contributed by atoms with E-state index < -0.39 is 0 Å². The molecule has 25 heavy (non-hydrogen) atoms. The molecule has 140 valence electrons. The molecule has 3 heterocycles. The third-order valence-corrected chi connectivity index (χ3v) is 6.34. The van der Waals surface area contributed by atoms with Crippen molar-refractivity contribution in [3.05, 3.63) is 0 Å². The van der Waals surface area contributed by atoms with Crippen molar-refractivity contribution < 1.29 is 19.1 Å². The lowest BCUT2D eigenvalue weighted by Crippen LogP contribution is -2.51. The van der Waals surface area contributed by atoms with Crippen LogP contribution in [0.5, 0.6) is 0 Å². The molecule has 4 fully saturated rings. The van der Waals surface area contributed by atoms with Crippen LogP contribution in [0.4, 0.5) is 0 Å². The molecular formula is C19H30N2O4. The van der Waals surface area contributed by atoms with E-state index in [2.05, 4.69) is 0 Å². The van der Waals surface area contributed by atoms with Gasteiger partial charge in [-0.25, -0.2) is 0 Å². The van der Waals surface area contributed by atoms with Gasteiger partial charge >= 0.3 is 0 Å². The van der Waals surface area contributed by atoms with Gasteiger partial charge in [-0.3, -0.25) is 9.59 Å². The van der Waals surface area contributed by atoms with Crippen molar-refractivity contribution >= 4 is 11.8 Å². The van der Waals surface area contributed by atoms with E-state index in [0.29, 0.717) is 37.4 Å². The Morgan fingerprint density at radius 1 is 0.920 bits per heavy atom. The van der Waals surface area contributed by atoms with Crippen molar-refractivity contribution in [2.24, 2.45) is 11.8 Å². The smallest absolute Gasteiger partial charge is 0.225 e. The topological polar surface area (TPSA) is 59.1 Å². The van der Waals surface area contributed by atoms with Gasteiger partial charge in [0.25, 0.3) is 0 Å². The van der Waals surface area contributed by atoms with Crippen LogP contribution in [0.15, 0.2) is 0 Å². The lowest BCUT2D eigenvalue weighted by molar-refractivity contribution is -0.151. The number of morpholine rings is 1. The van der Waals surface area contributed by atoms with Gasteiger partial charge in [0.1, 0.15) is 0 Å². The molecular weight excluding hydrogens is 320 g/mol. The van der Waals surface area contributed by atoms with Gasteiger partial charge in [-0.15, -0.1) is 0 Å². The lowest BCUT2D eigenvalue weighted by Gasteiger charge is -2.46. The molecule has 0 aromatic heterocycles. The third-order valence-electron chi connectivity index (χ3n) is 6.34. The summed E-state index contributed by atoms with van der Waals surface area (Å²) in [6.07, 6.45) is 6.57. The van der Waals surface area contributed by atoms with E-state index in [4.69, 9.17) is 9.47 Å². The second kappa shape index (κ2) is 7.23. The average molecular weight is 350 g/mol. The number of ether oxygens (including phenoxy) is 2. The Morgan fingerprint density at radius 2 is 1.64 bits per heavy atom. The van der Waals surface area contributed by atoms with Crippen LogP contribution in [-0.4, -0.2) is 73.2 Å². The quantitative estimate of drug-likeness (QED) is 0.773. The number of likely N-dealkylation sites (tertiary alicyclic amines) is 1. The van der Waals surface area contributed by atoms with E-state index in [1.54, 1.807) is 0 Å². The molecule has 3 saturated heterocycles. The van der Waals surface area contributed by atoms with Crippen LogP contribution < -0.4 is 0 Å². The van der Waals surface area contributed by atoms with Crippen molar-refractivity contribution in [1.29, 1.82) is 0 Å². The maximum atomic E-state index is 12.5. The molecule has 1 atom stereocenters. The van der Waals surface area contributed by atoms with Gasteiger partial charge in [-0.2, -0.15) is 0 Å². The number of piperidine rings is 1. The van der Waals surface area contributed by atoms with Crippen LogP contribution in [0.2, 0.25) is 0 Å². The van der Waals surface area contributed by atoms with Crippen molar-refractivity contribution in [3.8, 4) is 0 Å². The molecule has 0 radical (unpaired) electrons. The Kier molecular flexibility index (Phi) is 5.00. The van der Waals surface area contributed by atoms with Crippen LogP contribution in [0.3, 0.4) is 0 Å². The molecule has 1 aliphatic carbocycles. The van der Waals surface area contributed by atoms with E-state index in [1.807, 2.05) is 9.80 Å². The van der Waals surface area contributed by atoms with E-state index in [0.717, 1.165) is 71.3 Å². The largest absolute Gasteiger partial charge is 0.378 e. The zero-order valence-corrected chi connectivity index (χ0v) is 15.1. The minimum absolute atomic E-state index is 0.103. The standard InChI is InChI=1S/C19H30N2O4/c22-17(20-8-11-24-12-9-20)13-15-3-10-25-19(14-15)4-6-21(7-5-19)18(23)16-1-2-16/h15-16H,1-14H2. The van der Waals surface area contributed by atoms with Gasteiger partial charge in [0, 0.05) is 45.1 Å². The Labute approximate surface area is 149 Å². The van der Waals surface area contributed by atoms with Gasteiger partial charge in [0.2, 0.25) is 11.8 Å². The molecule has 6 nitrogen and oxygen atoms in total. The number of hydrogen-bond donors (Lipinski definition) is 0. The second-order valence-electron chi connectivity index (χ2n) is 8.19. The summed E-state index contributed by atoms with van der Waals surface area (Å²) in [5, 5.41) is 0. The van der Waals surface area contributed by atoms with E-state index >= 15 is 0 Å². The highest BCUT2D eigenvalue weighted by atomic mass is 16.5. The summed E-state index contributed by atoms with van der Waals surface area (Å²) < 4.78 is 11.5. The first-order valence-corrected chi connectivity index (χ1v) is 9.93. The van der Waals surface area contributed by atoms with Crippen molar-refractivity contribution in [3.63, 3.8) is 0 Å². The fraction of sp³-hybridized carbons (Fsp3) is 0.895. The minimum Gasteiger partial charge on any atom is -0.378 e. The first-order valence-electron chi connectivity index (χ1n) is 9.93. The predicted octanol–water partition coefficient (Wildman–Crippen LogP) is 1.43. The molecule has 0 bridgehead atoms. The summed E-state index contributed by atoms with van der Waals surface area (Å²) in [5.41, 5.74) is -0.103. The lowest BCUT2D eigenvalue weighted by atomic mass is 9.78. The number of nitrogens with zero attached hydrogens (tertiary/aromatic N) is 2. The normalized spacial score (nSPS) is 29.7. The van der Waals surface area contributed by atoms with E-state index in [-0.39, 0.29) is 11.5 Å². The first-order chi connectivity index (χ1) is 12.2. The Balaban J connectivity index is 1.28. The van der Waals surface area contributed by atoms with Crippen LogP contribution >= 0.6 is 0 Å². The predicted molar refractivity (Wildman–Crippen MR) is 92.0 cm³/mol. The Morgan fingerprint density at radius 3 is 2.32 bits per heavy atom. The summed E-state index contributed by atoms with van der Waals surface area (Å²) in [7, 11) is 0. The molecule has 3 aliphatic heterocycles. The molecule has 4 rings (SSSR count). The highest BCUT2D eigenvalue weighted by Crippen LogP contribution is 2.40. The molecule has 0 aromatic carbocycles. The molecule has 6 heteroatoms. The van der Waals surface area contributed by atoms with Gasteiger partial charge in [-0.1, -0.05) is 0 Å². The van der Waals surface area contributed by atoms with Gasteiger partial charge in [0.15, 0.2) is 0 Å². The van der Waals surface area contributed by atoms with Crippen LogP contribution in [-0.2, 0) is 19.1 Å². The minimum atomic E-state index is -0.103. The molecule has 1 unspecified atom stereocenters. The van der Waals surface area contributed by atoms with Gasteiger partial charge in [-0.05, 0) is 44.4 Å². The zero-order valence-electron chi connectivity index (χ0n) is 15.1. The monoisotopic (exact) mass is 350 g/mol. The maximum Gasteiger partial charge on any atom is 0.225 e. The van der Waals surface area contributed by atoms with Crippen molar-refractivity contribution in [1.82, 2.24) is 9.80 Å². The van der Waals surface area contributed by atoms with Gasteiger partial charge in [0.05, 0.1) is 18.8 Å². The van der Waals surface area contributed by atoms with Crippen LogP contribution in [0, 0.1) is 11.8 Å². The number of carbonyl (C=O) groups is 2. The summed E-state index contributed by atoms with van der Waals surface area (Å²) in [6, 6.07) is 0. The summed E-state index contributed by atoms with van der Waals surface area (Å²) in [4.78, 5) is 28.8. The highest BCUT2D eigenvalue weighted by molar-refractivity contribution is 5.81. The molecule has 0 N–H and O–H groups in total. The summed E-state index contributed by atoms with van der Waals surface area (Å²) in [5.74, 6) is 1.34. The fourth-order valence-electron chi connectivity index (χ4n) is 4.56. The summed E-state index contributed by atoms with van der Waals surface area (Å²) >= 11 is 0. The third kappa shape index (κ3) is 4.00. The van der Waals surface area contributed by atoms with Crippen molar-refractivity contribution in [2.45, 2.75) is 50.5 Å². The number of carbonyl (C=O) groups excluding carboxylic acids is 2. The maximum absolute atomic E-state index is 12.5. The van der Waals surface area contributed by atoms with Crippen molar-refractivity contribution in [2.75, 3.05) is 46.0 Å². The Hall–Kier alpha value is -1.14. The number of amides is 2. The summed E-state index contributed by atoms with van der Waals surface area (Å²) in [6.45, 7) is 5.16. The van der Waals surface area contributed by atoms with Crippen LogP contribution in [0.25, 0.3) is 0 Å². The molecule has 2 amide bonds. The SMILES string of the molecule is O=C(CC1CCOC2(CCN(C(=O)C3CC3)CC2)C1)N1CCOCC1. The van der Waals surface area contributed by atoms with Crippen LogP contribution in [0.1, 0.15) is 44.9 Å². The fourth-order valence-corrected chi connectivity index (χ4v) is 4.56. The van der Waals surface area contributed by atoms with E-state index in [1.165, 1.54) is 0 Å². The second-order valence-corrected chi connectivity index (χ2v) is 8.19. The average Bonchev–Trinajstić information content (AvgIpc) is 3.48. The first kappa shape index (κ1) is 17.3. The molecule has 4 aliphatic rings. The zero-order chi connectivity index (χ0) is 17.3.